The van der Waals surface area contributed by atoms with Gasteiger partial charge in [0.1, 0.15) is 0 Å². The number of benzene rings is 1. The monoisotopic (exact) mass is 259 g/mol. The predicted octanol–water partition coefficient (Wildman–Crippen LogP) is 4.13. The van der Waals surface area contributed by atoms with E-state index in [-0.39, 0.29) is 0 Å². The Morgan fingerprint density at radius 1 is 1.21 bits per heavy atom. The van der Waals surface area contributed by atoms with E-state index in [2.05, 4.69) is 51.2 Å². The summed E-state index contributed by atoms with van der Waals surface area (Å²) in [5.74, 6) is 0. The van der Waals surface area contributed by atoms with E-state index in [1.165, 1.54) is 37.7 Å². The third kappa shape index (κ3) is 3.82. The van der Waals surface area contributed by atoms with Gasteiger partial charge in [0.2, 0.25) is 0 Å². The van der Waals surface area contributed by atoms with E-state index in [0.29, 0.717) is 11.5 Å². The maximum Gasteiger partial charge on any atom is 0.00106 e. The minimum Gasteiger partial charge on any atom is -0.314 e. The Bertz CT molecular complexity index is 422. The molecule has 1 aliphatic rings. The van der Waals surface area contributed by atoms with Crippen molar-refractivity contribution in [1.82, 2.24) is 5.32 Å². The molecule has 1 aliphatic carbocycles. The molecule has 1 unspecified atom stereocenters. The Labute approximate surface area is 118 Å². The molecule has 0 bridgehead atoms. The van der Waals surface area contributed by atoms with Gasteiger partial charge in [0.05, 0.1) is 0 Å². The van der Waals surface area contributed by atoms with E-state index in [9.17, 15) is 0 Å². The number of aryl methyl sites for hydroxylation is 2. The maximum absolute atomic E-state index is 3.61. The van der Waals surface area contributed by atoms with Gasteiger partial charge in [-0.1, -0.05) is 45.9 Å². The summed E-state index contributed by atoms with van der Waals surface area (Å²) in [7, 11) is 0. The average molecular weight is 259 g/mol. The molecule has 0 saturated carbocycles. The van der Waals surface area contributed by atoms with Crippen molar-refractivity contribution in [3.63, 3.8) is 0 Å². The first kappa shape index (κ1) is 14.6. The molecule has 1 aromatic carbocycles. The van der Waals surface area contributed by atoms with Crippen molar-refractivity contribution in [3.8, 4) is 0 Å². The van der Waals surface area contributed by atoms with Crippen molar-refractivity contribution >= 4 is 0 Å². The number of hydrogen-bond donors (Lipinski definition) is 1. The second kappa shape index (κ2) is 6.09. The zero-order valence-electron chi connectivity index (χ0n) is 13.1. The summed E-state index contributed by atoms with van der Waals surface area (Å²) < 4.78 is 0. The van der Waals surface area contributed by atoms with Gasteiger partial charge in [-0.2, -0.15) is 0 Å². The van der Waals surface area contributed by atoms with Gasteiger partial charge in [-0.3, -0.25) is 0 Å². The van der Waals surface area contributed by atoms with Gasteiger partial charge in [-0.25, -0.2) is 0 Å². The molecule has 0 fully saturated rings. The fourth-order valence-corrected chi connectivity index (χ4v) is 2.99. The molecule has 1 aromatic rings. The average Bonchev–Trinajstić information content (AvgIpc) is 2.84. The molecule has 1 heteroatoms. The Morgan fingerprint density at radius 2 is 1.95 bits per heavy atom. The highest BCUT2D eigenvalue weighted by atomic mass is 14.9. The lowest BCUT2D eigenvalue weighted by Crippen LogP contribution is -2.36. The van der Waals surface area contributed by atoms with Crippen LogP contribution in [0.3, 0.4) is 0 Å². The SMILES string of the molecule is CCC(C)(CNC(C)C)Cc1ccc2c(c1)CCC2. The van der Waals surface area contributed by atoms with Crippen molar-refractivity contribution in [2.24, 2.45) is 5.41 Å². The summed E-state index contributed by atoms with van der Waals surface area (Å²) in [6, 6.07) is 7.76. The molecule has 0 saturated heterocycles. The third-order valence-corrected chi connectivity index (χ3v) is 4.58. The number of hydrogen-bond acceptors (Lipinski definition) is 1. The van der Waals surface area contributed by atoms with Gasteiger partial charge in [-0.05, 0) is 54.2 Å². The Hall–Kier alpha value is -0.820. The van der Waals surface area contributed by atoms with Crippen LogP contribution in [0.15, 0.2) is 18.2 Å². The van der Waals surface area contributed by atoms with Gasteiger partial charge in [0.25, 0.3) is 0 Å². The molecule has 1 nitrogen and oxygen atoms in total. The highest BCUT2D eigenvalue weighted by Gasteiger charge is 2.23. The zero-order chi connectivity index (χ0) is 13.9. The molecule has 0 aliphatic heterocycles. The van der Waals surface area contributed by atoms with E-state index < -0.39 is 0 Å². The number of fused-ring (bicyclic) bond motifs is 1. The second-order valence-electron chi connectivity index (χ2n) is 6.83. The Kier molecular flexibility index (Phi) is 4.67. The van der Waals surface area contributed by atoms with Crippen LogP contribution in [-0.4, -0.2) is 12.6 Å². The van der Waals surface area contributed by atoms with Gasteiger partial charge < -0.3 is 5.32 Å². The molecule has 0 spiro atoms. The van der Waals surface area contributed by atoms with Crippen LogP contribution < -0.4 is 5.32 Å². The summed E-state index contributed by atoms with van der Waals surface area (Å²) in [6.07, 6.45) is 6.34. The lowest BCUT2D eigenvalue weighted by molar-refractivity contribution is 0.281. The van der Waals surface area contributed by atoms with Crippen LogP contribution in [0.1, 0.15) is 57.2 Å². The third-order valence-electron chi connectivity index (χ3n) is 4.58. The molecule has 1 N–H and O–H groups in total. The summed E-state index contributed by atoms with van der Waals surface area (Å²) in [5.41, 5.74) is 5.09. The van der Waals surface area contributed by atoms with Crippen molar-refractivity contribution in [2.75, 3.05) is 6.54 Å². The van der Waals surface area contributed by atoms with Gasteiger partial charge in [0, 0.05) is 12.6 Å². The standard InChI is InChI=1S/C18H29N/c1-5-18(4,13-19-14(2)3)12-15-9-10-16-7-6-8-17(16)11-15/h9-11,14,19H,5-8,12-13H2,1-4H3. The summed E-state index contributed by atoms with van der Waals surface area (Å²) >= 11 is 0. The van der Waals surface area contributed by atoms with Crippen molar-refractivity contribution in [2.45, 2.75) is 65.8 Å². The second-order valence-corrected chi connectivity index (χ2v) is 6.83. The minimum atomic E-state index is 0.372. The van der Waals surface area contributed by atoms with E-state index in [1.54, 1.807) is 11.1 Å². The number of rotatable bonds is 6. The normalized spacial score (nSPS) is 17.5. The molecular weight excluding hydrogens is 230 g/mol. The van der Waals surface area contributed by atoms with Crippen LogP contribution in [0, 0.1) is 5.41 Å². The molecule has 0 aromatic heterocycles. The minimum absolute atomic E-state index is 0.372. The fraction of sp³-hybridized carbons (Fsp3) is 0.667. The molecule has 1 atom stereocenters. The Morgan fingerprint density at radius 3 is 2.63 bits per heavy atom. The molecule has 19 heavy (non-hydrogen) atoms. The van der Waals surface area contributed by atoms with E-state index in [0.717, 1.165) is 6.54 Å². The van der Waals surface area contributed by atoms with Gasteiger partial charge in [0.15, 0.2) is 0 Å². The van der Waals surface area contributed by atoms with Crippen molar-refractivity contribution < 1.29 is 0 Å². The first-order chi connectivity index (χ1) is 9.02. The lowest BCUT2D eigenvalue weighted by Gasteiger charge is -2.30. The van der Waals surface area contributed by atoms with Crippen LogP contribution in [-0.2, 0) is 19.3 Å². The largest absolute Gasteiger partial charge is 0.314 e. The van der Waals surface area contributed by atoms with Crippen LogP contribution in [0.25, 0.3) is 0 Å². The lowest BCUT2D eigenvalue weighted by atomic mass is 9.80. The van der Waals surface area contributed by atoms with Crippen LogP contribution >= 0.6 is 0 Å². The quantitative estimate of drug-likeness (QED) is 0.810. The molecular formula is C18H29N. The van der Waals surface area contributed by atoms with Crippen LogP contribution in [0.2, 0.25) is 0 Å². The van der Waals surface area contributed by atoms with Crippen molar-refractivity contribution in [3.05, 3.63) is 34.9 Å². The molecule has 0 heterocycles. The highest BCUT2D eigenvalue weighted by Crippen LogP contribution is 2.29. The molecule has 0 radical (unpaired) electrons. The number of nitrogens with one attached hydrogen (secondary N) is 1. The molecule has 0 amide bonds. The van der Waals surface area contributed by atoms with Gasteiger partial charge in [-0.15, -0.1) is 0 Å². The van der Waals surface area contributed by atoms with E-state index in [1.807, 2.05) is 0 Å². The van der Waals surface area contributed by atoms with E-state index >= 15 is 0 Å². The Balaban J connectivity index is 2.05. The first-order valence-corrected chi connectivity index (χ1v) is 7.86. The first-order valence-electron chi connectivity index (χ1n) is 7.86. The van der Waals surface area contributed by atoms with Crippen molar-refractivity contribution in [1.29, 1.82) is 0 Å². The summed E-state index contributed by atoms with van der Waals surface area (Å²) in [4.78, 5) is 0. The summed E-state index contributed by atoms with van der Waals surface area (Å²) in [6.45, 7) is 10.3. The van der Waals surface area contributed by atoms with Crippen LogP contribution in [0.4, 0.5) is 0 Å². The smallest absolute Gasteiger partial charge is 0.00106 e. The maximum atomic E-state index is 3.61. The topological polar surface area (TPSA) is 12.0 Å². The predicted molar refractivity (Wildman–Crippen MR) is 83.7 cm³/mol. The fourth-order valence-electron chi connectivity index (χ4n) is 2.99. The molecule has 2 rings (SSSR count). The van der Waals surface area contributed by atoms with E-state index in [4.69, 9.17) is 0 Å². The molecule has 106 valence electrons. The van der Waals surface area contributed by atoms with Crippen LogP contribution in [0.5, 0.6) is 0 Å². The van der Waals surface area contributed by atoms with Gasteiger partial charge >= 0.3 is 0 Å². The zero-order valence-corrected chi connectivity index (χ0v) is 13.1. The summed E-state index contributed by atoms with van der Waals surface area (Å²) in [5, 5.41) is 3.61. The highest BCUT2D eigenvalue weighted by molar-refractivity contribution is 5.35.